The average Bonchev–Trinajstić information content (AvgIpc) is 3.33. The predicted molar refractivity (Wildman–Crippen MR) is 108 cm³/mol. The van der Waals surface area contributed by atoms with Crippen LogP contribution in [0.1, 0.15) is 11.3 Å². The summed E-state index contributed by atoms with van der Waals surface area (Å²) in [5.41, 5.74) is 1.30. The average molecular weight is 451 g/mol. The minimum atomic E-state index is -4.37. The molecular formula is C19H13F4N5S2. The molecule has 0 aliphatic rings. The van der Waals surface area contributed by atoms with Gasteiger partial charge in [0.1, 0.15) is 10.8 Å². The maximum Gasteiger partial charge on any atom is 0.416 e. The highest BCUT2D eigenvalue weighted by atomic mass is 32.2. The largest absolute Gasteiger partial charge is 0.416 e. The topological polar surface area (TPSA) is 69.6 Å². The normalized spacial score (nSPS) is 11.7. The summed E-state index contributed by atoms with van der Waals surface area (Å²) in [5, 5.41) is 11.0. The third-order valence-corrected chi connectivity index (χ3v) is 6.04. The first-order valence-corrected chi connectivity index (χ1v) is 10.4. The monoisotopic (exact) mass is 451 g/mol. The Labute approximate surface area is 176 Å². The van der Waals surface area contributed by atoms with Gasteiger partial charge in [0.2, 0.25) is 5.16 Å². The second-order valence-corrected chi connectivity index (χ2v) is 7.99. The number of rotatable bonds is 5. The molecule has 0 aliphatic carbocycles. The van der Waals surface area contributed by atoms with Gasteiger partial charge in [0.25, 0.3) is 0 Å². The van der Waals surface area contributed by atoms with Crippen molar-refractivity contribution in [1.82, 2.24) is 19.9 Å². The quantitative estimate of drug-likeness (QED) is 0.256. The van der Waals surface area contributed by atoms with Crippen LogP contribution >= 0.6 is 23.1 Å². The summed E-state index contributed by atoms with van der Waals surface area (Å²) in [6.07, 6.45) is -4.37. The molecule has 2 aromatic heterocycles. The van der Waals surface area contributed by atoms with Crippen molar-refractivity contribution >= 4 is 23.1 Å². The van der Waals surface area contributed by atoms with E-state index in [1.165, 1.54) is 52.0 Å². The van der Waals surface area contributed by atoms with Gasteiger partial charge in [0, 0.05) is 22.3 Å². The highest BCUT2D eigenvalue weighted by Crippen LogP contribution is 2.32. The Morgan fingerprint density at radius 3 is 2.30 bits per heavy atom. The van der Waals surface area contributed by atoms with E-state index in [0.29, 0.717) is 32.9 Å². The van der Waals surface area contributed by atoms with Crippen LogP contribution in [0.3, 0.4) is 0 Å². The lowest BCUT2D eigenvalue weighted by atomic mass is 10.1. The highest BCUT2D eigenvalue weighted by molar-refractivity contribution is 7.98. The molecule has 0 amide bonds. The lowest BCUT2D eigenvalue weighted by Crippen LogP contribution is -2.11. The number of nitrogens with zero attached hydrogens (tertiary/aromatic N) is 4. The molecule has 0 saturated carbocycles. The summed E-state index contributed by atoms with van der Waals surface area (Å²) in [7, 11) is 0. The first-order valence-electron chi connectivity index (χ1n) is 8.52. The van der Waals surface area contributed by atoms with E-state index in [9.17, 15) is 17.6 Å². The fourth-order valence-corrected chi connectivity index (χ4v) is 4.30. The Bertz CT molecular complexity index is 1150. The number of alkyl halides is 3. The van der Waals surface area contributed by atoms with E-state index in [4.69, 9.17) is 5.84 Å². The van der Waals surface area contributed by atoms with Gasteiger partial charge in [-0.15, -0.1) is 21.5 Å². The van der Waals surface area contributed by atoms with Crippen LogP contribution in [0.4, 0.5) is 17.6 Å². The molecule has 0 spiro atoms. The third-order valence-electron chi connectivity index (χ3n) is 4.13. The standard InChI is InChI=1S/C19H13F4N5S2/c20-14-7-3-11(4-8-14)16-26-27-18(28(16)24)30-10-15-9-29-17(25-15)12-1-5-13(6-2-12)19(21,22)23/h1-9H,10,24H2. The molecule has 5 nitrogen and oxygen atoms in total. The van der Waals surface area contributed by atoms with Gasteiger partial charge in [0.05, 0.1) is 11.3 Å². The molecule has 0 atom stereocenters. The first kappa shape index (κ1) is 20.4. The number of thioether (sulfide) groups is 1. The van der Waals surface area contributed by atoms with Crippen LogP contribution in [0.5, 0.6) is 0 Å². The van der Waals surface area contributed by atoms with Crippen molar-refractivity contribution in [2.75, 3.05) is 5.84 Å². The number of benzene rings is 2. The zero-order chi connectivity index (χ0) is 21.3. The molecule has 4 rings (SSSR count). The zero-order valence-corrected chi connectivity index (χ0v) is 16.7. The van der Waals surface area contributed by atoms with E-state index in [1.807, 2.05) is 5.38 Å². The number of thiazole rings is 1. The molecule has 0 unspecified atom stereocenters. The summed E-state index contributed by atoms with van der Waals surface area (Å²) >= 11 is 2.66. The zero-order valence-electron chi connectivity index (χ0n) is 15.1. The smallest absolute Gasteiger partial charge is 0.335 e. The molecule has 2 heterocycles. The molecule has 0 bridgehead atoms. The number of halogens is 4. The molecule has 0 radical (unpaired) electrons. The summed E-state index contributed by atoms with van der Waals surface area (Å²) < 4.78 is 52.5. The van der Waals surface area contributed by atoms with E-state index in [0.717, 1.165) is 17.8 Å². The Kier molecular flexibility index (Phi) is 5.48. The molecular weight excluding hydrogens is 438 g/mol. The predicted octanol–water partition coefficient (Wildman–Crippen LogP) is 5.23. The number of nitrogens with two attached hydrogens (primary N) is 1. The first-order chi connectivity index (χ1) is 14.3. The summed E-state index contributed by atoms with van der Waals surface area (Å²) in [6, 6.07) is 10.7. The van der Waals surface area contributed by atoms with Gasteiger partial charge in [-0.3, -0.25) is 0 Å². The minimum absolute atomic E-state index is 0.358. The minimum Gasteiger partial charge on any atom is -0.335 e. The van der Waals surface area contributed by atoms with Gasteiger partial charge in [-0.1, -0.05) is 23.9 Å². The maximum atomic E-state index is 13.1. The van der Waals surface area contributed by atoms with Crippen LogP contribution in [0.25, 0.3) is 22.0 Å². The van der Waals surface area contributed by atoms with Crippen LogP contribution in [-0.2, 0) is 11.9 Å². The van der Waals surface area contributed by atoms with Crippen molar-refractivity contribution in [3.63, 3.8) is 0 Å². The summed E-state index contributed by atoms with van der Waals surface area (Å²) in [5.74, 6) is 6.55. The molecule has 2 aromatic carbocycles. The summed E-state index contributed by atoms with van der Waals surface area (Å²) in [6.45, 7) is 0. The van der Waals surface area contributed by atoms with Gasteiger partial charge in [-0.2, -0.15) is 13.2 Å². The van der Waals surface area contributed by atoms with E-state index in [2.05, 4.69) is 15.2 Å². The van der Waals surface area contributed by atoms with Gasteiger partial charge in [0.15, 0.2) is 5.82 Å². The van der Waals surface area contributed by atoms with Crippen LogP contribution in [-0.4, -0.2) is 19.9 Å². The fraction of sp³-hybridized carbons (Fsp3) is 0.105. The van der Waals surface area contributed by atoms with Crippen molar-refractivity contribution in [1.29, 1.82) is 0 Å². The van der Waals surface area contributed by atoms with Gasteiger partial charge < -0.3 is 5.84 Å². The number of nitrogen functional groups attached to an aromatic ring is 1. The van der Waals surface area contributed by atoms with Crippen molar-refractivity contribution in [2.45, 2.75) is 17.1 Å². The Morgan fingerprint density at radius 2 is 1.63 bits per heavy atom. The van der Waals surface area contributed by atoms with E-state index in [1.54, 1.807) is 12.1 Å². The van der Waals surface area contributed by atoms with Crippen molar-refractivity contribution < 1.29 is 17.6 Å². The van der Waals surface area contributed by atoms with Gasteiger partial charge in [-0.25, -0.2) is 14.1 Å². The van der Waals surface area contributed by atoms with Crippen LogP contribution in [0.2, 0.25) is 0 Å². The van der Waals surface area contributed by atoms with Crippen molar-refractivity contribution in [3.8, 4) is 22.0 Å². The SMILES string of the molecule is Nn1c(SCc2csc(-c3ccc(C(F)(F)F)cc3)n2)nnc1-c1ccc(F)cc1. The summed E-state index contributed by atoms with van der Waals surface area (Å²) in [4.78, 5) is 4.47. The number of aromatic nitrogens is 4. The Hall–Kier alpha value is -2.92. The number of hydrogen-bond donors (Lipinski definition) is 1. The fourth-order valence-electron chi connectivity index (χ4n) is 2.62. The molecule has 0 aliphatic heterocycles. The third kappa shape index (κ3) is 4.31. The molecule has 30 heavy (non-hydrogen) atoms. The molecule has 11 heteroatoms. The number of hydrogen-bond acceptors (Lipinski definition) is 6. The van der Waals surface area contributed by atoms with E-state index in [-0.39, 0.29) is 5.82 Å². The van der Waals surface area contributed by atoms with E-state index < -0.39 is 11.7 Å². The van der Waals surface area contributed by atoms with Crippen LogP contribution < -0.4 is 5.84 Å². The maximum absolute atomic E-state index is 13.1. The lowest BCUT2D eigenvalue weighted by molar-refractivity contribution is -0.137. The van der Waals surface area contributed by atoms with Gasteiger partial charge >= 0.3 is 6.18 Å². The second-order valence-electron chi connectivity index (χ2n) is 6.19. The lowest BCUT2D eigenvalue weighted by Gasteiger charge is -2.06. The second kappa shape index (κ2) is 8.07. The molecule has 4 aromatic rings. The molecule has 0 fully saturated rings. The molecule has 2 N–H and O–H groups in total. The van der Waals surface area contributed by atoms with Crippen LogP contribution in [0.15, 0.2) is 59.1 Å². The van der Waals surface area contributed by atoms with Crippen molar-refractivity contribution in [2.24, 2.45) is 0 Å². The van der Waals surface area contributed by atoms with Gasteiger partial charge in [-0.05, 0) is 36.4 Å². The Morgan fingerprint density at radius 1 is 0.967 bits per heavy atom. The Balaban J connectivity index is 1.44. The highest BCUT2D eigenvalue weighted by Gasteiger charge is 2.30. The van der Waals surface area contributed by atoms with Crippen molar-refractivity contribution in [3.05, 3.63) is 71.0 Å². The van der Waals surface area contributed by atoms with Crippen LogP contribution in [0, 0.1) is 5.82 Å². The molecule has 0 saturated heterocycles. The molecule has 154 valence electrons. The van der Waals surface area contributed by atoms with E-state index >= 15 is 0 Å².